The van der Waals surface area contributed by atoms with Crippen molar-refractivity contribution in [1.29, 1.82) is 0 Å². The molecule has 1 N–H and O–H groups in total. The lowest BCUT2D eigenvalue weighted by molar-refractivity contribution is 0.174. The molecular weight excluding hydrogens is 400 g/mol. The van der Waals surface area contributed by atoms with Crippen LogP contribution >= 0.6 is 0 Å². The smallest absolute Gasteiger partial charge is 0.231 e. The van der Waals surface area contributed by atoms with Gasteiger partial charge in [0.1, 0.15) is 5.82 Å². The summed E-state index contributed by atoms with van der Waals surface area (Å²) < 4.78 is 28.9. The van der Waals surface area contributed by atoms with Gasteiger partial charge in [-0.3, -0.25) is 0 Å². The maximum absolute atomic E-state index is 5.50. The first kappa shape index (κ1) is 18.9. The van der Waals surface area contributed by atoms with Crippen molar-refractivity contribution in [2.24, 2.45) is 0 Å². The van der Waals surface area contributed by atoms with Gasteiger partial charge in [-0.05, 0) is 23.8 Å². The van der Waals surface area contributed by atoms with Gasteiger partial charge in [0, 0.05) is 29.6 Å². The second kappa shape index (κ2) is 7.60. The number of hydrogen-bond donors (Lipinski definition) is 1. The highest BCUT2D eigenvalue weighted by molar-refractivity contribution is 5.79. The molecular formula is C22H20N4O5. The highest BCUT2D eigenvalue weighted by Crippen LogP contribution is 2.41. The molecule has 0 amide bonds. The number of hydrogen-bond acceptors (Lipinski definition) is 8. The van der Waals surface area contributed by atoms with E-state index in [1.807, 2.05) is 42.6 Å². The first-order chi connectivity index (χ1) is 15.2. The molecule has 2 aromatic heterocycles. The third-order valence-electron chi connectivity index (χ3n) is 4.99. The molecule has 31 heavy (non-hydrogen) atoms. The molecule has 0 bridgehead atoms. The standard InChI is InChI=1S/C22H20N4O5/c1-27-18-9-14(10-19(28-2)21(18)29-3)24-20-6-7-26-22(25-20)15(11-23-26)13-4-5-16-17(8-13)31-12-30-16/h4-11H,12H2,1-3H3,(H,24,25). The molecule has 9 nitrogen and oxygen atoms in total. The van der Waals surface area contributed by atoms with Crippen molar-refractivity contribution in [3.63, 3.8) is 0 Å². The van der Waals surface area contributed by atoms with Crippen molar-refractivity contribution < 1.29 is 23.7 Å². The summed E-state index contributed by atoms with van der Waals surface area (Å²) >= 11 is 0. The summed E-state index contributed by atoms with van der Waals surface area (Å²) in [6.07, 6.45) is 3.63. The van der Waals surface area contributed by atoms with Crippen molar-refractivity contribution in [1.82, 2.24) is 14.6 Å². The van der Waals surface area contributed by atoms with E-state index in [0.717, 1.165) is 22.6 Å². The molecule has 2 aromatic carbocycles. The summed E-state index contributed by atoms with van der Waals surface area (Å²) in [4.78, 5) is 4.76. The number of ether oxygens (including phenoxy) is 5. The quantitative estimate of drug-likeness (QED) is 0.503. The first-order valence-electron chi connectivity index (χ1n) is 9.51. The number of benzene rings is 2. The van der Waals surface area contributed by atoms with Crippen LogP contribution in [0.3, 0.4) is 0 Å². The van der Waals surface area contributed by atoms with Gasteiger partial charge in [0.2, 0.25) is 12.5 Å². The molecule has 9 heteroatoms. The Balaban J connectivity index is 1.52. The van der Waals surface area contributed by atoms with Crippen molar-refractivity contribution in [3.8, 4) is 39.9 Å². The third-order valence-corrected chi connectivity index (χ3v) is 4.99. The van der Waals surface area contributed by atoms with E-state index in [0.29, 0.717) is 34.5 Å². The zero-order chi connectivity index (χ0) is 21.4. The molecule has 1 aliphatic heterocycles. The lowest BCUT2D eigenvalue weighted by Crippen LogP contribution is -2.00. The topological polar surface area (TPSA) is 88.4 Å². The van der Waals surface area contributed by atoms with Crippen LogP contribution < -0.4 is 29.0 Å². The van der Waals surface area contributed by atoms with Gasteiger partial charge < -0.3 is 29.0 Å². The number of methoxy groups -OCH3 is 3. The summed E-state index contributed by atoms with van der Waals surface area (Å²) in [5, 5.41) is 7.71. The maximum Gasteiger partial charge on any atom is 0.231 e. The molecule has 3 heterocycles. The Morgan fingerprint density at radius 2 is 1.71 bits per heavy atom. The van der Waals surface area contributed by atoms with Crippen LogP contribution in [0.5, 0.6) is 28.7 Å². The summed E-state index contributed by atoms with van der Waals surface area (Å²) in [5.41, 5.74) is 3.27. The van der Waals surface area contributed by atoms with E-state index in [-0.39, 0.29) is 6.79 Å². The number of fused-ring (bicyclic) bond motifs is 2. The zero-order valence-corrected chi connectivity index (χ0v) is 17.2. The fourth-order valence-electron chi connectivity index (χ4n) is 3.51. The summed E-state index contributed by atoms with van der Waals surface area (Å²) in [7, 11) is 4.73. The van der Waals surface area contributed by atoms with Crippen LogP contribution in [0.25, 0.3) is 16.8 Å². The predicted octanol–water partition coefficient (Wildman–Crippen LogP) is 3.89. The molecule has 5 rings (SSSR count). The summed E-state index contributed by atoms with van der Waals surface area (Å²) in [5.74, 6) is 3.72. The van der Waals surface area contributed by atoms with Gasteiger partial charge in [0.05, 0.1) is 27.5 Å². The first-order valence-corrected chi connectivity index (χ1v) is 9.51. The Hall–Kier alpha value is -4.14. The average molecular weight is 420 g/mol. The molecule has 0 unspecified atom stereocenters. The Morgan fingerprint density at radius 1 is 0.935 bits per heavy atom. The molecule has 1 aliphatic rings. The maximum atomic E-state index is 5.50. The van der Waals surface area contributed by atoms with Crippen molar-refractivity contribution >= 4 is 17.2 Å². The van der Waals surface area contributed by atoms with Gasteiger partial charge in [0.25, 0.3) is 0 Å². The zero-order valence-electron chi connectivity index (χ0n) is 17.2. The van der Waals surface area contributed by atoms with Crippen molar-refractivity contribution in [2.45, 2.75) is 0 Å². The number of aromatic nitrogens is 3. The summed E-state index contributed by atoms with van der Waals surface area (Å²) in [6.45, 7) is 0.231. The molecule has 158 valence electrons. The number of nitrogens with zero attached hydrogens (tertiary/aromatic N) is 3. The largest absolute Gasteiger partial charge is 0.493 e. The number of nitrogens with one attached hydrogen (secondary N) is 1. The minimum atomic E-state index is 0.231. The van der Waals surface area contributed by atoms with Gasteiger partial charge in [-0.2, -0.15) is 5.10 Å². The third kappa shape index (κ3) is 3.29. The monoisotopic (exact) mass is 420 g/mol. The Kier molecular flexibility index (Phi) is 4.62. The minimum Gasteiger partial charge on any atom is -0.493 e. The van der Waals surface area contributed by atoms with Crippen LogP contribution in [0.2, 0.25) is 0 Å². The number of anilines is 2. The fraction of sp³-hybridized carbons (Fsp3) is 0.182. The van der Waals surface area contributed by atoms with Crippen LogP contribution in [0, 0.1) is 0 Å². The van der Waals surface area contributed by atoms with Crippen LogP contribution in [0.4, 0.5) is 11.5 Å². The lowest BCUT2D eigenvalue weighted by Gasteiger charge is -2.15. The normalized spacial score (nSPS) is 12.1. The second-order valence-corrected chi connectivity index (χ2v) is 6.75. The summed E-state index contributed by atoms with van der Waals surface area (Å²) in [6, 6.07) is 11.3. The van der Waals surface area contributed by atoms with E-state index in [1.54, 1.807) is 32.0 Å². The van der Waals surface area contributed by atoms with Gasteiger partial charge in [-0.1, -0.05) is 6.07 Å². The lowest BCUT2D eigenvalue weighted by atomic mass is 10.1. The van der Waals surface area contributed by atoms with E-state index in [1.165, 1.54) is 0 Å². The van der Waals surface area contributed by atoms with Crippen LogP contribution in [0.15, 0.2) is 48.8 Å². The highest BCUT2D eigenvalue weighted by Gasteiger charge is 2.17. The van der Waals surface area contributed by atoms with Crippen LogP contribution in [0.1, 0.15) is 0 Å². The van der Waals surface area contributed by atoms with Gasteiger partial charge in [0.15, 0.2) is 28.6 Å². The van der Waals surface area contributed by atoms with Gasteiger partial charge >= 0.3 is 0 Å². The molecule has 0 atom stereocenters. The predicted molar refractivity (Wildman–Crippen MR) is 114 cm³/mol. The Labute approximate surface area is 178 Å². The van der Waals surface area contributed by atoms with E-state index in [9.17, 15) is 0 Å². The van der Waals surface area contributed by atoms with Gasteiger partial charge in [-0.25, -0.2) is 9.50 Å². The molecule has 0 radical (unpaired) electrons. The minimum absolute atomic E-state index is 0.231. The molecule has 0 fully saturated rings. The van der Waals surface area contributed by atoms with Crippen molar-refractivity contribution in [2.75, 3.05) is 33.4 Å². The highest BCUT2D eigenvalue weighted by atomic mass is 16.7. The second-order valence-electron chi connectivity index (χ2n) is 6.75. The molecule has 0 spiro atoms. The Morgan fingerprint density at radius 3 is 2.45 bits per heavy atom. The molecule has 0 saturated carbocycles. The van der Waals surface area contributed by atoms with Crippen LogP contribution in [-0.4, -0.2) is 42.7 Å². The molecule has 0 saturated heterocycles. The van der Waals surface area contributed by atoms with Crippen LogP contribution in [-0.2, 0) is 0 Å². The molecule has 0 aliphatic carbocycles. The van der Waals surface area contributed by atoms with E-state index >= 15 is 0 Å². The van der Waals surface area contributed by atoms with E-state index < -0.39 is 0 Å². The fourth-order valence-corrected chi connectivity index (χ4v) is 3.51. The van der Waals surface area contributed by atoms with E-state index in [4.69, 9.17) is 28.7 Å². The molecule has 4 aromatic rings. The Bertz CT molecular complexity index is 1250. The number of rotatable bonds is 6. The van der Waals surface area contributed by atoms with Gasteiger partial charge in [-0.15, -0.1) is 0 Å². The average Bonchev–Trinajstić information content (AvgIpc) is 3.44. The SMILES string of the molecule is COc1cc(Nc2ccn3ncc(-c4ccc5c(c4)OCO5)c3n2)cc(OC)c1OC. The van der Waals surface area contributed by atoms with E-state index in [2.05, 4.69) is 10.4 Å². The van der Waals surface area contributed by atoms with Crippen molar-refractivity contribution in [3.05, 3.63) is 48.8 Å².